The Hall–Kier alpha value is -1.98. The van der Waals surface area contributed by atoms with Gasteiger partial charge in [0.25, 0.3) is 0 Å². The fraction of sp³-hybridized carbons (Fsp3) is 0.333. The highest BCUT2D eigenvalue weighted by molar-refractivity contribution is 5.77. The number of benzene rings is 1. The van der Waals surface area contributed by atoms with Crippen molar-refractivity contribution in [2.75, 3.05) is 13.1 Å². The van der Waals surface area contributed by atoms with E-state index in [0.29, 0.717) is 13.1 Å². The molecule has 0 N–H and O–H groups in total. The zero-order valence-electron chi connectivity index (χ0n) is 9.49. The molecule has 1 fully saturated rings. The lowest BCUT2D eigenvalue weighted by molar-refractivity contribution is 0.111. The zero-order chi connectivity index (χ0) is 13.1. The van der Waals surface area contributed by atoms with Gasteiger partial charge in [0.2, 0.25) is 5.75 Å². The molecule has 1 aliphatic rings. The molecule has 0 aromatic heterocycles. The van der Waals surface area contributed by atoms with Gasteiger partial charge >= 0.3 is 6.09 Å². The van der Waals surface area contributed by atoms with E-state index in [4.69, 9.17) is 0 Å². The van der Waals surface area contributed by atoms with Gasteiger partial charge in [-0.3, -0.25) is 4.79 Å². The van der Waals surface area contributed by atoms with Crippen molar-refractivity contribution in [1.82, 2.24) is 4.90 Å². The van der Waals surface area contributed by atoms with Gasteiger partial charge in [0.05, 0.1) is 5.56 Å². The van der Waals surface area contributed by atoms with E-state index in [9.17, 15) is 18.4 Å². The van der Waals surface area contributed by atoms with Crippen LogP contribution in [0.5, 0.6) is 5.75 Å². The minimum absolute atomic E-state index is 0.238. The quantitative estimate of drug-likeness (QED) is 0.762. The molecule has 0 unspecified atom stereocenters. The number of ether oxygens (including phenoxy) is 1. The maximum absolute atomic E-state index is 13.6. The molecule has 0 spiro atoms. The molecule has 6 heteroatoms. The van der Waals surface area contributed by atoms with E-state index in [1.807, 2.05) is 0 Å². The van der Waals surface area contributed by atoms with Crippen molar-refractivity contribution in [1.29, 1.82) is 0 Å². The summed E-state index contributed by atoms with van der Waals surface area (Å²) in [6.45, 7) is 1.02. The van der Waals surface area contributed by atoms with E-state index in [2.05, 4.69) is 4.74 Å². The Labute approximate surface area is 102 Å². The molecule has 1 heterocycles. The first-order valence-corrected chi connectivity index (χ1v) is 5.53. The largest absolute Gasteiger partial charge is 0.415 e. The van der Waals surface area contributed by atoms with Crippen molar-refractivity contribution >= 4 is 12.4 Å². The number of halogens is 2. The molecule has 0 atom stereocenters. The fourth-order valence-electron chi connectivity index (χ4n) is 1.78. The van der Waals surface area contributed by atoms with E-state index in [0.717, 1.165) is 25.0 Å². The molecule has 0 radical (unpaired) electrons. The van der Waals surface area contributed by atoms with Gasteiger partial charge < -0.3 is 9.64 Å². The fourth-order valence-corrected chi connectivity index (χ4v) is 1.78. The van der Waals surface area contributed by atoms with Gasteiger partial charge in [-0.1, -0.05) is 0 Å². The average molecular weight is 255 g/mol. The SMILES string of the molecule is O=Cc1ccc(F)c(OC(=O)N2CCCC2)c1F. The predicted octanol–water partition coefficient (Wildman–Crippen LogP) is 2.37. The third-order valence-electron chi connectivity index (χ3n) is 2.76. The van der Waals surface area contributed by atoms with Crippen LogP contribution in [0.2, 0.25) is 0 Å². The Morgan fingerprint density at radius 2 is 1.94 bits per heavy atom. The lowest BCUT2D eigenvalue weighted by atomic mass is 10.2. The van der Waals surface area contributed by atoms with Crippen LogP contribution in [0, 0.1) is 11.6 Å². The first-order valence-electron chi connectivity index (χ1n) is 5.53. The van der Waals surface area contributed by atoms with Crippen LogP contribution in [0.25, 0.3) is 0 Å². The molecule has 2 rings (SSSR count). The van der Waals surface area contributed by atoms with Gasteiger partial charge in [0, 0.05) is 13.1 Å². The number of amides is 1. The second-order valence-electron chi connectivity index (χ2n) is 3.96. The summed E-state index contributed by atoms with van der Waals surface area (Å²) < 4.78 is 31.7. The van der Waals surface area contributed by atoms with Crippen LogP contribution >= 0.6 is 0 Å². The molecule has 0 aliphatic carbocycles. The van der Waals surface area contributed by atoms with Crippen molar-refractivity contribution in [3.8, 4) is 5.75 Å². The summed E-state index contributed by atoms with van der Waals surface area (Å²) in [5.41, 5.74) is -0.347. The highest BCUT2D eigenvalue weighted by Gasteiger charge is 2.24. The van der Waals surface area contributed by atoms with Gasteiger partial charge in [0.1, 0.15) is 0 Å². The van der Waals surface area contributed by atoms with Crippen LogP contribution in [0.3, 0.4) is 0 Å². The minimum Gasteiger partial charge on any atom is -0.404 e. The third-order valence-corrected chi connectivity index (χ3v) is 2.76. The second kappa shape index (κ2) is 5.12. The summed E-state index contributed by atoms with van der Waals surface area (Å²) in [7, 11) is 0. The molecule has 1 amide bonds. The normalized spacial score (nSPS) is 14.7. The Morgan fingerprint density at radius 3 is 2.56 bits per heavy atom. The lowest BCUT2D eigenvalue weighted by Crippen LogP contribution is -2.31. The monoisotopic (exact) mass is 255 g/mol. The number of rotatable bonds is 2. The van der Waals surface area contributed by atoms with E-state index in [1.54, 1.807) is 0 Å². The van der Waals surface area contributed by atoms with Crippen LogP contribution in [0.1, 0.15) is 23.2 Å². The number of aldehydes is 1. The summed E-state index contributed by atoms with van der Waals surface area (Å²) in [5.74, 6) is -2.99. The standard InChI is InChI=1S/C12H11F2NO3/c13-9-4-3-8(7-16)10(14)11(9)18-12(17)15-5-1-2-6-15/h3-4,7H,1-2,5-6H2. The van der Waals surface area contributed by atoms with Crippen molar-refractivity contribution in [2.24, 2.45) is 0 Å². The van der Waals surface area contributed by atoms with Crippen LogP contribution in [-0.4, -0.2) is 30.4 Å². The first kappa shape index (κ1) is 12.5. The highest BCUT2D eigenvalue weighted by Crippen LogP contribution is 2.25. The molecule has 96 valence electrons. The van der Waals surface area contributed by atoms with Crippen LogP contribution < -0.4 is 4.74 Å². The molecule has 1 aromatic rings. The first-order chi connectivity index (χ1) is 8.63. The Morgan fingerprint density at radius 1 is 1.28 bits per heavy atom. The van der Waals surface area contributed by atoms with Crippen molar-refractivity contribution in [3.63, 3.8) is 0 Å². The minimum atomic E-state index is -1.16. The van der Waals surface area contributed by atoms with E-state index in [-0.39, 0.29) is 11.8 Å². The van der Waals surface area contributed by atoms with Crippen molar-refractivity contribution in [2.45, 2.75) is 12.8 Å². The lowest BCUT2D eigenvalue weighted by Gasteiger charge is -2.15. The van der Waals surface area contributed by atoms with Crippen LogP contribution in [0.4, 0.5) is 13.6 Å². The van der Waals surface area contributed by atoms with E-state index >= 15 is 0 Å². The summed E-state index contributed by atoms with van der Waals surface area (Å²) in [4.78, 5) is 23.5. The van der Waals surface area contributed by atoms with Crippen LogP contribution in [0.15, 0.2) is 12.1 Å². The number of likely N-dealkylation sites (tertiary alicyclic amines) is 1. The molecule has 0 saturated carbocycles. The number of nitrogens with zero attached hydrogens (tertiary/aromatic N) is 1. The second-order valence-corrected chi connectivity index (χ2v) is 3.96. The summed E-state index contributed by atoms with van der Waals surface area (Å²) >= 11 is 0. The molecule has 4 nitrogen and oxygen atoms in total. The summed E-state index contributed by atoms with van der Waals surface area (Å²) in [6, 6.07) is 1.88. The molecular formula is C12H11F2NO3. The van der Waals surface area contributed by atoms with Gasteiger partial charge in [-0.05, 0) is 25.0 Å². The van der Waals surface area contributed by atoms with Gasteiger partial charge in [-0.15, -0.1) is 0 Å². The van der Waals surface area contributed by atoms with Gasteiger partial charge in [-0.25, -0.2) is 13.6 Å². The molecule has 1 aromatic carbocycles. The Bertz CT molecular complexity index is 484. The van der Waals surface area contributed by atoms with Crippen molar-refractivity contribution in [3.05, 3.63) is 29.3 Å². The van der Waals surface area contributed by atoms with Crippen LogP contribution in [-0.2, 0) is 0 Å². The van der Waals surface area contributed by atoms with Gasteiger partial charge in [-0.2, -0.15) is 0 Å². The smallest absolute Gasteiger partial charge is 0.404 e. The topological polar surface area (TPSA) is 46.6 Å². The van der Waals surface area contributed by atoms with E-state index in [1.165, 1.54) is 4.90 Å². The summed E-state index contributed by atoms with van der Waals surface area (Å²) in [6.07, 6.45) is 1.12. The summed E-state index contributed by atoms with van der Waals surface area (Å²) in [5, 5.41) is 0. The number of carbonyl (C=O) groups is 2. The van der Waals surface area contributed by atoms with E-state index < -0.39 is 23.5 Å². The Kier molecular flexibility index (Phi) is 3.55. The predicted molar refractivity (Wildman–Crippen MR) is 58.6 cm³/mol. The maximum atomic E-state index is 13.6. The molecule has 1 saturated heterocycles. The molecule has 18 heavy (non-hydrogen) atoms. The molecule has 0 bridgehead atoms. The number of hydrogen-bond donors (Lipinski definition) is 0. The highest BCUT2D eigenvalue weighted by atomic mass is 19.1. The average Bonchev–Trinajstić information content (AvgIpc) is 2.88. The van der Waals surface area contributed by atoms with Gasteiger partial charge in [0.15, 0.2) is 17.9 Å². The molecule has 1 aliphatic heterocycles. The third kappa shape index (κ3) is 2.32. The van der Waals surface area contributed by atoms with Crippen molar-refractivity contribution < 1.29 is 23.1 Å². The zero-order valence-corrected chi connectivity index (χ0v) is 9.49. The Balaban J connectivity index is 2.22. The maximum Gasteiger partial charge on any atom is 0.415 e. The number of hydrogen-bond acceptors (Lipinski definition) is 3. The molecular weight excluding hydrogens is 244 g/mol. The number of carbonyl (C=O) groups excluding carboxylic acids is 2.